The van der Waals surface area contributed by atoms with Crippen LogP contribution >= 0.6 is 0 Å². The van der Waals surface area contributed by atoms with Gasteiger partial charge in [0.1, 0.15) is 5.82 Å². The minimum Gasteiger partial charge on any atom is -0.396 e. The summed E-state index contributed by atoms with van der Waals surface area (Å²) < 4.78 is 13.1. The Morgan fingerprint density at radius 2 is 2.05 bits per heavy atom. The third-order valence-corrected chi connectivity index (χ3v) is 3.25. The van der Waals surface area contributed by atoms with E-state index in [1.807, 2.05) is 0 Å². The van der Waals surface area contributed by atoms with Crippen molar-refractivity contribution in [1.82, 2.24) is 0 Å². The van der Waals surface area contributed by atoms with Gasteiger partial charge in [-0.05, 0) is 35.9 Å². The van der Waals surface area contributed by atoms with Crippen molar-refractivity contribution in [3.05, 3.63) is 53.3 Å². The van der Waals surface area contributed by atoms with Crippen molar-refractivity contribution < 1.29 is 14.0 Å². The van der Waals surface area contributed by atoms with Crippen molar-refractivity contribution in [2.75, 3.05) is 16.4 Å². The number of nitrogens with two attached hydrogens (primary N) is 1. The number of benzene rings is 2. The van der Waals surface area contributed by atoms with Crippen LogP contribution in [0.15, 0.2) is 36.4 Å². The molecule has 0 spiro atoms. The summed E-state index contributed by atoms with van der Waals surface area (Å²) in [4.78, 5) is 23.4. The van der Waals surface area contributed by atoms with Gasteiger partial charge >= 0.3 is 0 Å². The normalized spacial score (nSPS) is 12.7. The largest absolute Gasteiger partial charge is 0.396 e. The first-order valence-corrected chi connectivity index (χ1v) is 6.32. The molecule has 1 aliphatic heterocycles. The molecule has 0 aliphatic carbocycles. The zero-order valence-corrected chi connectivity index (χ0v) is 10.9. The van der Waals surface area contributed by atoms with Crippen molar-refractivity contribution in [2.45, 2.75) is 6.42 Å². The standard InChI is InChI=1S/C15H12FN3O2/c16-11-4-3-10(7-12(11)17)18-15(21)9-2-1-8-6-14(20)19-13(8)5-9/h1-5,7H,6,17H2,(H,18,21)(H,19,20). The van der Waals surface area contributed by atoms with Crippen LogP contribution in [0, 0.1) is 5.82 Å². The highest BCUT2D eigenvalue weighted by Gasteiger charge is 2.19. The van der Waals surface area contributed by atoms with Gasteiger partial charge in [-0.25, -0.2) is 4.39 Å². The lowest BCUT2D eigenvalue weighted by Crippen LogP contribution is -2.12. The van der Waals surface area contributed by atoms with Gasteiger partial charge in [0, 0.05) is 16.9 Å². The molecule has 0 atom stereocenters. The Bertz CT molecular complexity index is 759. The fourth-order valence-corrected chi connectivity index (χ4v) is 2.18. The molecule has 5 nitrogen and oxygen atoms in total. The van der Waals surface area contributed by atoms with Gasteiger partial charge in [0.2, 0.25) is 5.91 Å². The minimum absolute atomic E-state index is 0.0333. The van der Waals surface area contributed by atoms with Crippen LogP contribution in [0.25, 0.3) is 0 Å². The summed E-state index contributed by atoms with van der Waals surface area (Å²) >= 11 is 0. The summed E-state index contributed by atoms with van der Waals surface area (Å²) in [7, 11) is 0. The summed E-state index contributed by atoms with van der Waals surface area (Å²) in [5.41, 5.74) is 7.73. The van der Waals surface area contributed by atoms with Gasteiger partial charge in [-0.1, -0.05) is 6.07 Å². The van der Waals surface area contributed by atoms with Crippen LogP contribution in [-0.2, 0) is 11.2 Å². The Balaban J connectivity index is 1.81. The Hall–Kier alpha value is -2.89. The maximum Gasteiger partial charge on any atom is 0.255 e. The van der Waals surface area contributed by atoms with Crippen LogP contribution in [-0.4, -0.2) is 11.8 Å². The molecule has 0 saturated heterocycles. The first kappa shape index (κ1) is 13.1. The van der Waals surface area contributed by atoms with Gasteiger partial charge in [-0.2, -0.15) is 0 Å². The highest BCUT2D eigenvalue weighted by Crippen LogP contribution is 2.24. The molecule has 0 radical (unpaired) electrons. The number of hydrogen-bond donors (Lipinski definition) is 3. The number of anilines is 3. The zero-order valence-electron chi connectivity index (χ0n) is 10.9. The molecule has 2 aromatic carbocycles. The molecule has 6 heteroatoms. The van der Waals surface area contributed by atoms with Gasteiger partial charge < -0.3 is 16.4 Å². The topological polar surface area (TPSA) is 84.2 Å². The predicted octanol–water partition coefficient (Wildman–Crippen LogP) is 2.15. The maximum atomic E-state index is 13.1. The number of nitrogens with one attached hydrogen (secondary N) is 2. The molecule has 0 bridgehead atoms. The van der Waals surface area contributed by atoms with E-state index in [4.69, 9.17) is 5.73 Å². The number of hydrogen-bond acceptors (Lipinski definition) is 3. The molecule has 0 saturated carbocycles. The number of halogens is 1. The summed E-state index contributed by atoms with van der Waals surface area (Å²) in [6.07, 6.45) is 0.325. The number of nitrogen functional groups attached to an aromatic ring is 1. The van der Waals surface area contributed by atoms with E-state index in [-0.39, 0.29) is 17.5 Å². The Kier molecular flexibility index (Phi) is 3.06. The van der Waals surface area contributed by atoms with Crippen molar-refractivity contribution >= 4 is 28.9 Å². The van der Waals surface area contributed by atoms with E-state index in [1.165, 1.54) is 18.2 Å². The molecule has 2 aromatic rings. The molecule has 0 fully saturated rings. The van der Waals surface area contributed by atoms with Crippen LogP contribution in [0.4, 0.5) is 21.5 Å². The second-order valence-electron chi connectivity index (χ2n) is 4.79. The van der Waals surface area contributed by atoms with Gasteiger partial charge in [0.25, 0.3) is 5.91 Å². The zero-order chi connectivity index (χ0) is 15.0. The van der Waals surface area contributed by atoms with Gasteiger partial charge in [-0.15, -0.1) is 0 Å². The van der Waals surface area contributed by atoms with Crippen molar-refractivity contribution in [1.29, 1.82) is 0 Å². The van der Waals surface area contributed by atoms with Gasteiger partial charge in [-0.3, -0.25) is 9.59 Å². The number of carbonyl (C=O) groups is 2. The summed E-state index contributed by atoms with van der Waals surface area (Å²) in [6, 6.07) is 8.96. The van der Waals surface area contributed by atoms with E-state index in [0.717, 1.165) is 5.56 Å². The fourth-order valence-electron chi connectivity index (χ4n) is 2.18. The number of carbonyl (C=O) groups excluding carboxylic acids is 2. The van der Waals surface area contributed by atoms with E-state index >= 15 is 0 Å². The van der Waals surface area contributed by atoms with E-state index in [9.17, 15) is 14.0 Å². The molecular formula is C15H12FN3O2. The molecule has 0 aromatic heterocycles. The lowest BCUT2D eigenvalue weighted by molar-refractivity contribution is -0.115. The highest BCUT2D eigenvalue weighted by atomic mass is 19.1. The lowest BCUT2D eigenvalue weighted by atomic mass is 10.1. The first-order chi connectivity index (χ1) is 10.0. The van der Waals surface area contributed by atoms with Crippen LogP contribution in [0.5, 0.6) is 0 Å². The Labute approximate surface area is 120 Å². The average molecular weight is 285 g/mol. The fraction of sp³-hybridized carbons (Fsp3) is 0.0667. The van der Waals surface area contributed by atoms with Crippen LogP contribution in [0.2, 0.25) is 0 Å². The second-order valence-corrected chi connectivity index (χ2v) is 4.79. The smallest absolute Gasteiger partial charge is 0.255 e. The molecule has 3 rings (SSSR count). The number of fused-ring (bicyclic) bond motifs is 1. The lowest BCUT2D eigenvalue weighted by Gasteiger charge is -2.08. The molecule has 2 amide bonds. The highest BCUT2D eigenvalue weighted by molar-refractivity contribution is 6.07. The minimum atomic E-state index is -0.534. The first-order valence-electron chi connectivity index (χ1n) is 6.32. The molecular weight excluding hydrogens is 273 g/mol. The molecule has 0 unspecified atom stereocenters. The maximum absolute atomic E-state index is 13.1. The monoisotopic (exact) mass is 285 g/mol. The van der Waals surface area contributed by atoms with E-state index in [1.54, 1.807) is 18.2 Å². The van der Waals surface area contributed by atoms with E-state index in [2.05, 4.69) is 10.6 Å². The number of amides is 2. The summed E-state index contributed by atoms with van der Waals surface area (Å²) in [5.74, 6) is -0.980. The number of rotatable bonds is 2. The molecule has 106 valence electrons. The van der Waals surface area contributed by atoms with Gasteiger partial charge in [0.05, 0.1) is 12.1 Å². The quantitative estimate of drug-likeness (QED) is 0.739. The van der Waals surface area contributed by atoms with Crippen LogP contribution in [0.3, 0.4) is 0 Å². The molecule has 4 N–H and O–H groups in total. The van der Waals surface area contributed by atoms with E-state index < -0.39 is 5.82 Å². The van der Waals surface area contributed by atoms with Crippen LogP contribution < -0.4 is 16.4 Å². The Morgan fingerprint density at radius 1 is 1.24 bits per heavy atom. The summed E-state index contributed by atoms with van der Waals surface area (Å²) in [6.45, 7) is 0. The third kappa shape index (κ3) is 2.55. The molecule has 1 aliphatic rings. The van der Waals surface area contributed by atoms with Gasteiger partial charge in [0.15, 0.2) is 0 Å². The SMILES string of the molecule is Nc1cc(NC(=O)c2ccc3c(c2)NC(=O)C3)ccc1F. The predicted molar refractivity (Wildman–Crippen MR) is 77.5 cm³/mol. The van der Waals surface area contributed by atoms with Crippen LogP contribution in [0.1, 0.15) is 15.9 Å². The second kappa shape index (κ2) is 4.90. The molecule has 1 heterocycles. The Morgan fingerprint density at radius 3 is 2.81 bits per heavy atom. The summed E-state index contributed by atoms with van der Waals surface area (Å²) in [5, 5.41) is 5.31. The van der Waals surface area contributed by atoms with Crippen molar-refractivity contribution in [3.63, 3.8) is 0 Å². The molecule has 21 heavy (non-hydrogen) atoms. The van der Waals surface area contributed by atoms with Crippen molar-refractivity contribution in [2.24, 2.45) is 0 Å². The van der Waals surface area contributed by atoms with E-state index in [0.29, 0.717) is 23.4 Å². The third-order valence-electron chi connectivity index (χ3n) is 3.25. The average Bonchev–Trinajstić information content (AvgIpc) is 2.82. The van der Waals surface area contributed by atoms with Crippen molar-refractivity contribution in [3.8, 4) is 0 Å².